The molecule has 0 aliphatic rings. The molecule has 1 atom stereocenters. The van der Waals surface area contributed by atoms with Crippen LogP contribution in [0, 0.1) is 13.8 Å². The number of aryl methyl sites for hydroxylation is 2. The molecule has 0 saturated heterocycles. The fraction of sp³-hybridized carbons (Fsp3) is 0.500. The number of hydrogen-bond acceptors (Lipinski definition) is 2. The van der Waals surface area contributed by atoms with Crippen molar-refractivity contribution in [3.63, 3.8) is 0 Å². The van der Waals surface area contributed by atoms with E-state index >= 15 is 0 Å². The lowest BCUT2D eigenvalue weighted by Crippen LogP contribution is -2.16. The standard InChI is InChI=1S/C12H19NO/c1-9-3-4-11(10(2)7-9)8-12(14)5-6-13/h3-4,7,12,14H,5-6,8,13H2,1-2H3. The molecule has 1 unspecified atom stereocenters. The summed E-state index contributed by atoms with van der Waals surface area (Å²) in [7, 11) is 0. The summed E-state index contributed by atoms with van der Waals surface area (Å²) in [5.74, 6) is 0. The molecule has 1 aromatic rings. The van der Waals surface area contributed by atoms with Crippen LogP contribution in [0.15, 0.2) is 18.2 Å². The predicted octanol–water partition coefficient (Wildman–Crippen LogP) is 1.56. The molecule has 0 spiro atoms. The number of nitrogens with two attached hydrogens (primary N) is 1. The van der Waals surface area contributed by atoms with E-state index in [1.165, 1.54) is 16.7 Å². The highest BCUT2D eigenvalue weighted by atomic mass is 16.3. The smallest absolute Gasteiger partial charge is 0.0592 e. The zero-order chi connectivity index (χ0) is 10.6. The Bertz CT molecular complexity index is 296. The van der Waals surface area contributed by atoms with Gasteiger partial charge in [-0.05, 0) is 44.4 Å². The summed E-state index contributed by atoms with van der Waals surface area (Å²) in [6.07, 6.45) is 1.08. The van der Waals surface area contributed by atoms with Gasteiger partial charge in [0.2, 0.25) is 0 Å². The third kappa shape index (κ3) is 3.13. The van der Waals surface area contributed by atoms with Gasteiger partial charge >= 0.3 is 0 Å². The highest BCUT2D eigenvalue weighted by molar-refractivity contribution is 5.30. The molecule has 1 rings (SSSR count). The van der Waals surface area contributed by atoms with Gasteiger partial charge in [0, 0.05) is 0 Å². The molecule has 0 saturated carbocycles. The summed E-state index contributed by atoms with van der Waals surface area (Å²) in [6, 6.07) is 6.31. The summed E-state index contributed by atoms with van der Waals surface area (Å²) < 4.78 is 0. The lowest BCUT2D eigenvalue weighted by molar-refractivity contribution is 0.167. The van der Waals surface area contributed by atoms with Gasteiger partial charge in [-0.2, -0.15) is 0 Å². The SMILES string of the molecule is Cc1ccc(CC(O)CCN)c(C)c1. The predicted molar refractivity (Wildman–Crippen MR) is 59.3 cm³/mol. The van der Waals surface area contributed by atoms with E-state index in [1.54, 1.807) is 0 Å². The Morgan fingerprint density at radius 1 is 1.36 bits per heavy atom. The summed E-state index contributed by atoms with van der Waals surface area (Å²) in [5, 5.41) is 9.62. The molecule has 3 N–H and O–H groups in total. The average Bonchev–Trinajstić information content (AvgIpc) is 2.10. The van der Waals surface area contributed by atoms with Crippen LogP contribution < -0.4 is 5.73 Å². The molecule has 2 heteroatoms. The first-order valence-electron chi connectivity index (χ1n) is 5.07. The van der Waals surface area contributed by atoms with Crippen molar-refractivity contribution >= 4 is 0 Å². The van der Waals surface area contributed by atoms with Crippen LogP contribution in [0.4, 0.5) is 0 Å². The van der Waals surface area contributed by atoms with Gasteiger partial charge in [-0.1, -0.05) is 23.8 Å². The number of hydrogen-bond donors (Lipinski definition) is 2. The normalized spacial score (nSPS) is 12.9. The van der Waals surface area contributed by atoms with Gasteiger partial charge in [-0.15, -0.1) is 0 Å². The third-order valence-corrected chi connectivity index (χ3v) is 2.45. The van der Waals surface area contributed by atoms with E-state index < -0.39 is 0 Å². The van der Waals surface area contributed by atoms with E-state index in [0.29, 0.717) is 19.4 Å². The minimum atomic E-state index is -0.304. The third-order valence-electron chi connectivity index (χ3n) is 2.45. The van der Waals surface area contributed by atoms with Crippen LogP contribution in [0.2, 0.25) is 0 Å². The topological polar surface area (TPSA) is 46.2 Å². The highest BCUT2D eigenvalue weighted by Crippen LogP contribution is 2.13. The molecule has 14 heavy (non-hydrogen) atoms. The van der Waals surface area contributed by atoms with Crippen LogP contribution in [0.1, 0.15) is 23.1 Å². The van der Waals surface area contributed by atoms with Crippen LogP contribution >= 0.6 is 0 Å². The first-order valence-corrected chi connectivity index (χ1v) is 5.07. The fourth-order valence-corrected chi connectivity index (χ4v) is 1.62. The van der Waals surface area contributed by atoms with E-state index in [2.05, 4.69) is 32.0 Å². The minimum Gasteiger partial charge on any atom is -0.393 e. The van der Waals surface area contributed by atoms with E-state index in [9.17, 15) is 5.11 Å². The van der Waals surface area contributed by atoms with Gasteiger partial charge in [0.1, 0.15) is 0 Å². The molecule has 0 aromatic heterocycles. The molecular weight excluding hydrogens is 174 g/mol. The molecule has 0 radical (unpaired) electrons. The number of benzene rings is 1. The maximum atomic E-state index is 9.62. The molecule has 78 valence electrons. The summed E-state index contributed by atoms with van der Waals surface area (Å²) in [4.78, 5) is 0. The molecule has 0 fully saturated rings. The Morgan fingerprint density at radius 2 is 2.07 bits per heavy atom. The number of rotatable bonds is 4. The minimum absolute atomic E-state index is 0.304. The van der Waals surface area contributed by atoms with Crippen LogP contribution in [0.5, 0.6) is 0 Å². The Kier molecular flexibility index (Phi) is 4.11. The maximum absolute atomic E-state index is 9.62. The van der Waals surface area contributed by atoms with Crippen LogP contribution in [-0.2, 0) is 6.42 Å². The zero-order valence-corrected chi connectivity index (χ0v) is 8.96. The number of aliphatic hydroxyl groups excluding tert-OH is 1. The highest BCUT2D eigenvalue weighted by Gasteiger charge is 2.06. The second-order valence-electron chi connectivity index (χ2n) is 3.87. The molecule has 0 aliphatic heterocycles. The van der Waals surface area contributed by atoms with Crippen LogP contribution in [0.25, 0.3) is 0 Å². The van der Waals surface area contributed by atoms with Gasteiger partial charge in [-0.25, -0.2) is 0 Å². The first kappa shape index (κ1) is 11.2. The van der Waals surface area contributed by atoms with E-state index in [0.717, 1.165) is 0 Å². The molecule has 0 heterocycles. The lowest BCUT2D eigenvalue weighted by Gasteiger charge is -2.11. The second-order valence-corrected chi connectivity index (χ2v) is 3.87. The van der Waals surface area contributed by atoms with Crippen molar-refractivity contribution in [2.75, 3.05) is 6.54 Å². The largest absolute Gasteiger partial charge is 0.393 e. The van der Waals surface area contributed by atoms with Crippen LogP contribution in [0.3, 0.4) is 0 Å². The monoisotopic (exact) mass is 193 g/mol. The van der Waals surface area contributed by atoms with Crippen molar-refractivity contribution < 1.29 is 5.11 Å². The maximum Gasteiger partial charge on any atom is 0.0592 e. The van der Waals surface area contributed by atoms with Gasteiger partial charge in [-0.3, -0.25) is 0 Å². The van der Waals surface area contributed by atoms with Gasteiger partial charge < -0.3 is 10.8 Å². The quantitative estimate of drug-likeness (QED) is 0.762. The lowest BCUT2D eigenvalue weighted by atomic mass is 9.99. The van der Waals surface area contributed by atoms with Crippen molar-refractivity contribution in [3.05, 3.63) is 34.9 Å². The summed E-state index contributed by atoms with van der Waals surface area (Å²) in [6.45, 7) is 4.71. The molecule has 0 amide bonds. The van der Waals surface area contributed by atoms with Gasteiger partial charge in [0.15, 0.2) is 0 Å². The van der Waals surface area contributed by atoms with Crippen molar-refractivity contribution in [1.82, 2.24) is 0 Å². The second kappa shape index (κ2) is 5.13. The Hall–Kier alpha value is -0.860. The molecule has 2 nitrogen and oxygen atoms in total. The summed E-state index contributed by atoms with van der Waals surface area (Å²) in [5.41, 5.74) is 9.12. The zero-order valence-electron chi connectivity index (χ0n) is 8.96. The van der Waals surface area contributed by atoms with Gasteiger partial charge in [0.25, 0.3) is 0 Å². The van der Waals surface area contributed by atoms with E-state index in [4.69, 9.17) is 5.73 Å². The molecule has 0 aliphatic carbocycles. The Morgan fingerprint density at radius 3 is 2.64 bits per heavy atom. The Labute approximate surface area is 85.8 Å². The first-order chi connectivity index (χ1) is 6.63. The van der Waals surface area contributed by atoms with Gasteiger partial charge in [0.05, 0.1) is 6.10 Å². The Balaban J connectivity index is 2.67. The molecular formula is C12H19NO. The average molecular weight is 193 g/mol. The van der Waals surface area contributed by atoms with Crippen molar-refractivity contribution in [1.29, 1.82) is 0 Å². The van der Waals surface area contributed by atoms with E-state index in [-0.39, 0.29) is 6.10 Å². The number of aliphatic hydroxyl groups is 1. The van der Waals surface area contributed by atoms with Crippen LogP contribution in [-0.4, -0.2) is 17.8 Å². The molecule has 1 aromatic carbocycles. The van der Waals surface area contributed by atoms with Crippen molar-refractivity contribution in [2.24, 2.45) is 5.73 Å². The fourth-order valence-electron chi connectivity index (χ4n) is 1.62. The van der Waals surface area contributed by atoms with E-state index in [1.807, 2.05) is 0 Å². The summed E-state index contributed by atoms with van der Waals surface area (Å²) >= 11 is 0. The molecule has 0 bridgehead atoms. The van der Waals surface area contributed by atoms with Crippen molar-refractivity contribution in [2.45, 2.75) is 32.8 Å². The van der Waals surface area contributed by atoms with Crippen molar-refractivity contribution in [3.8, 4) is 0 Å².